The molecule has 0 unspecified atom stereocenters. The zero-order valence-electron chi connectivity index (χ0n) is 11.9. The summed E-state index contributed by atoms with van der Waals surface area (Å²) in [4.78, 5) is 0.169. The smallest absolute Gasteiger partial charge is 0.249 e. The minimum absolute atomic E-state index is 0.0654. The Kier molecular flexibility index (Phi) is 4.80. The molecular formula is C15H16FN3OS. The first-order valence-electron chi connectivity index (χ1n) is 6.69. The van der Waals surface area contributed by atoms with Crippen molar-refractivity contribution in [2.45, 2.75) is 26.7 Å². The average molecular weight is 305 g/mol. The number of hydrogen-bond acceptors (Lipinski definition) is 4. The van der Waals surface area contributed by atoms with Crippen molar-refractivity contribution < 1.29 is 9.13 Å². The molecule has 2 N–H and O–H groups in total. The minimum atomic E-state index is -0.481. The van der Waals surface area contributed by atoms with Gasteiger partial charge in [0.2, 0.25) is 5.88 Å². The highest BCUT2D eigenvalue weighted by Gasteiger charge is 2.19. The van der Waals surface area contributed by atoms with E-state index in [0.717, 1.165) is 11.3 Å². The largest absolute Gasteiger partial charge is 0.434 e. The second-order valence-electron chi connectivity index (χ2n) is 4.41. The molecule has 110 valence electrons. The summed E-state index contributed by atoms with van der Waals surface area (Å²) >= 11 is 5.10. The fourth-order valence-electron chi connectivity index (χ4n) is 2.11. The summed E-state index contributed by atoms with van der Waals surface area (Å²) in [6.45, 7) is 3.95. The van der Waals surface area contributed by atoms with Crippen molar-refractivity contribution in [1.29, 1.82) is 0 Å². The van der Waals surface area contributed by atoms with E-state index in [2.05, 4.69) is 10.2 Å². The van der Waals surface area contributed by atoms with E-state index in [4.69, 9.17) is 22.7 Å². The molecule has 0 spiro atoms. The number of benzene rings is 1. The van der Waals surface area contributed by atoms with E-state index in [1.807, 2.05) is 13.8 Å². The van der Waals surface area contributed by atoms with Gasteiger partial charge in [-0.05, 0) is 30.5 Å². The third kappa shape index (κ3) is 3.16. The van der Waals surface area contributed by atoms with Gasteiger partial charge in [-0.25, -0.2) is 4.39 Å². The predicted molar refractivity (Wildman–Crippen MR) is 83.1 cm³/mol. The van der Waals surface area contributed by atoms with E-state index in [0.29, 0.717) is 18.4 Å². The van der Waals surface area contributed by atoms with Crippen LogP contribution in [-0.4, -0.2) is 15.2 Å². The van der Waals surface area contributed by atoms with E-state index in [9.17, 15) is 4.39 Å². The maximum absolute atomic E-state index is 13.7. The SMILES string of the molecule is CCc1nnc(Oc2ccccc2F)c(C(N)=S)c1CC. The Hall–Kier alpha value is -2.08. The van der Waals surface area contributed by atoms with Crippen LogP contribution >= 0.6 is 12.2 Å². The number of hydrogen-bond donors (Lipinski definition) is 1. The zero-order valence-corrected chi connectivity index (χ0v) is 12.7. The van der Waals surface area contributed by atoms with Crippen molar-refractivity contribution in [2.75, 3.05) is 0 Å². The summed E-state index contributed by atoms with van der Waals surface area (Å²) in [7, 11) is 0. The maximum atomic E-state index is 13.7. The number of aromatic nitrogens is 2. The van der Waals surface area contributed by atoms with Crippen LogP contribution in [0.3, 0.4) is 0 Å². The molecule has 0 atom stereocenters. The van der Waals surface area contributed by atoms with Crippen LogP contribution in [0.1, 0.15) is 30.7 Å². The van der Waals surface area contributed by atoms with Gasteiger partial charge in [0, 0.05) is 0 Å². The van der Waals surface area contributed by atoms with Crippen molar-refractivity contribution in [3.63, 3.8) is 0 Å². The van der Waals surface area contributed by atoms with Crippen LogP contribution in [0.15, 0.2) is 24.3 Å². The molecule has 0 saturated carbocycles. The predicted octanol–water partition coefficient (Wildman–Crippen LogP) is 3.17. The number of rotatable bonds is 5. The molecule has 1 aromatic carbocycles. The summed E-state index contributed by atoms with van der Waals surface area (Å²) in [5.41, 5.74) is 8.04. The number of para-hydroxylation sites is 1. The molecule has 0 radical (unpaired) electrons. The molecule has 21 heavy (non-hydrogen) atoms. The number of thiocarbonyl (C=S) groups is 1. The molecule has 4 nitrogen and oxygen atoms in total. The second-order valence-corrected chi connectivity index (χ2v) is 4.85. The van der Waals surface area contributed by atoms with Crippen molar-refractivity contribution in [3.05, 3.63) is 46.9 Å². The molecule has 1 heterocycles. The Morgan fingerprint density at radius 1 is 1.24 bits per heavy atom. The van der Waals surface area contributed by atoms with Gasteiger partial charge in [0.05, 0.1) is 11.3 Å². The van der Waals surface area contributed by atoms with E-state index in [-0.39, 0.29) is 16.6 Å². The molecule has 0 bridgehead atoms. The topological polar surface area (TPSA) is 61.0 Å². The Morgan fingerprint density at radius 3 is 2.52 bits per heavy atom. The van der Waals surface area contributed by atoms with Crippen LogP contribution in [0.25, 0.3) is 0 Å². The van der Waals surface area contributed by atoms with Gasteiger partial charge in [-0.1, -0.05) is 38.2 Å². The van der Waals surface area contributed by atoms with Crippen molar-refractivity contribution in [1.82, 2.24) is 10.2 Å². The Morgan fingerprint density at radius 2 is 1.95 bits per heavy atom. The van der Waals surface area contributed by atoms with Crippen molar-refractivity contribution in [2.24, 2.45) is 5.73 Å². The number of aryl methyl sites for hydroxylation is 1. The fraction of sp³-hybridized carbons (Fsp3) is 0.267. The second kappa shape index (κ2) is 6.58. The van der Waals surface area contributed by atoms with Crippen molar-refractivity contribution >= 4 is 17.2 Å². The van der Waals surface area contributed by atoms with Gasteiger partial charge in [-0.2, -0.15) is 5.10 Å². The quantitative estimate of drug-likeness (QED) is 0.860. The molecule has 0 aliphatic carbocycles. The number of halogens is 1. The van der Waals surface area contributed by atoms with Gasteiger partial charge in [-0.15, -0.1) is 5.10 Å². The number of ether oxygens (including phenoxy) is 1. The van der Waals surface area contributed by atoms with Gasteiger partial charge in [-0.3, -0.25) is 0 Å². The molecule has 0 fully saturated rings. The molecule has 0 aliphatic rings. The molecule has 1 aromatic heterocycles. The summed E-state index contributed by atoms with van der Waals surface area (Å²) in [5.74, 6) is -0.275. The first-order chi connectivity index (χ1) is 10.1. The Bertz CT molecular complexity index is 676. The highest BCUT2D eigenvalue weighted by Crippen LogP contribution is 2.28. The van der Waals surface area contributed by atoms with Crippen LogP contribution < -0.4 is 10.5 Å². The molecule has 2 aromatic rings. The third-order valence-electron chi connectivity index (χ3n) is 3.10. The lowest BCUT2D eigenvalue weighted by Crippen LogP contribution is -2.17. The van der Waals surface area contributed by atoms with Gasteiger partial charge in [0.25, 0.3) is 0 Å². The van der Waals surface area contributed by atoms with Crippen LogP contribution in [0.5, 0.6) is 11.6 Å². The van der Waals surface area contributed by atoms with Crippen LogP contribution in [0.4, 0.5) is 4.39 Å². The lowest BCUT2D eigenvalue weighted by atomic mass is 10.0. The standard InChI is InChI=1S/C15H16FN3OS/c1-3-9-11(4-2)18-19-15(13(9)14(17)21)20-12-8-6-5-7-10(12)16/h5-8H,3-4H2,1-2H3,(H2,17,21). The molecular weight excluding hydrogens is 289 g/mol. The van der Waals surface area contributed by atoms with Gasteiger partial charge >= 0.3 is 0 Å². The minimum Gasteiger partial charge on any atom is -0.434 e. The highest BCUT2D eigenvalue weighted by molar-refractivity contribution is 7.80. The van der Waals surface area contributed by atoms with Gasteiger partial charge in [0.15, 0.2) is 11.6 Å². The van der Waals surface area contributed by atoms with E-state index in [1.54, 1.807) is 12.1 Å². The molecule has 6 heteroatoms. The monoisotopic (exact) mass is 305 g/mol. The molecule has 0 saturated heterocycles. The maximum Gasteiger partial charge on any atom is 0.249 e. The average Bonchev–Trinajstić information content (AvgIpc) is 2.48. The Labute approximate surface area is 128 Å². The van der Waals surface area contributed by atoms with E-state index >= 15 is 0 Å². The summed E-state index contributed by atoms with van der Waals surface area (Å²) in [5, 5.41) is 8.13. The summed E-state index contributed by atoms with van der Waals surface area (Å²) in [6.07, 6.45) is 1.41. The highest BCUT2D eigenvalue weighted by atomic mass is 32.1. The molecule has 2 rings (SSSR count). The molecule has 0 amide bonds. The van der Waals surface area contributed by atoms with Crippen molar-refractivity contribution in [3.8, 4) is 11.6 Å². The summed E-state index contributed by atoms with van der Waals surface area (Å²) in [6, 6.07) is 6.08. The van der Waals surface area contributed by atoms with E-state index < -0.39 is 5.82 Å². The normalized spacial score (nSPS) is 10.4. The first-order valence-corrected chi connectivity index (χ1v) is 7.09. The van der Waals surface area contributed by atoms with Crippen LogP contribution in [-0.2, 0) is 12.8 Å². The van der Waals surface area contributed by atoms with E-state index in [1.165, 1.54) is 12.1 Å². The third-order valence-corrected chi connectivity index (χ3v) is 3.31. The lowest BCUT2D eigenvalue weighted by Gasteiger charge is -2.14. The van der Waals surface area contributed by atoms with Gasteiger partial charge < -0.3 is 10.5 Å². The number of nitrogens with two attached hydrogens (primary N) is 1. The molecule has 0 aliphatic heterocycles. The Balaban J connectivity index is 2.54. The number of nitrogens with zero attached hydrogens (tertiary/aromatic N) is 2. The zero-order chi connectivity index (χ0) is 15.4. The van der Waals surface area contributed by atoms with Crippen LogP contribution in [0.2, 0.25) is 0 Å². The van der Waals surface area contributed by atoms with Crippen LogP contribution in [0, 0.1) is 5.82 Å². The lowest BCUT2D eigenvalue weighted by molar-refractivity contribution is 0.419. The van der Waals surface area contributed by atoms with Gasteiger partial charge in [0.1, 0.15) is 4.99 Å². The fourth-order valence-corrected chi connectivity index (χ4v) is 2.32. The summed E-state index contributed by atoms with van der Waals surface area (Å²) < 4.78 is 19.2. The first kappa shape index (κ1) is 15.3.